The van der Waals surface area contributed by atoms with Crippen LogP contribution in [0.5, 0.6) is 5.75 Å². The third-order valence-corrected chi connectivity index (χ3v) is 2.73. The molecule has 20 heavy (non-hydrogen) atoms. The molecular formula is C14H12F2N2O2. The molecule has 0 fully saturated rings. The maximum atomic E-state index is 13.6. The number of hydrogen-bond acceptors (Lipinski definition) is 3. The van der Waals surface area contributed by atoms with Crippen LogP contribution in [0.1, 0.15) is 10.4 Å². The summed E-state index contributed by atoms with van der Waals surface area (Å²) in [6, 6.07) is 9.27. The molecule has 0 saturated carbocycles. The molecule has 6 heteroatoms. The Hall–Kier alpha value is -2.47. The molecule has 0 unspecified atom stereocenters. The van der Waals surface area contributed by atoms with Gasteiger partial charge in [0.15, 0.2) is 11.6 Å². The van der Waals surface area contributed by atoms with Gasteiger partial charge in [-0.15, -0.1) is 0 Å². The minimum atomic E-state index is -0.908. The number of nitrogens with zero attached hydrogens (tertiary/aromatic N) is 1. The zero-order valence-electron chi connectivity index (χ0n) is 10.6. The molecule has 104 valence electrons. The number of para-hydroxylation sites is 1. The van der Waals surface area contributed by atoms with Crippen molar-refractivity contribution < 1.29 is 18.3 Å². The van der Waals surface area contributed by atoms with E-state index in [2.05, 4.69) is 0 Å². The lowest BCUT2D eigenvalue weighted by molar-refractivity contribution is 0.0985. The number of anilines is 1. The topological polar surface area (TPSA) is 55.6 Å². The normalized spacial score (nSPS) is 10.2. The number of rotatable bonds is 3. The molecule has 0 atom stereocenters. The summed E-state index contributed by atoms with van der Waals surface area (Å²) < 4.78 is 32.1. The highest BCUT2D eigenvalue weighted by Crippen LogP contribution is 2.22. The monoisotopic (exact) mass is 278 g/mol. The molecule has 0 aliphatic carbocycles. The number of benzene rings is 2. The van der Waals surface area contributed by atoms with Gasteiger partial charge in [0.05, 0.1) is 7.11 Å². The zero-order valence-corrected chi connectivity index (χ0v) is 10.6. The van der Waals surface area contributed by atoms with Crippen LogP contribution < -0.4 is 15.6 Å². The first-order chi connectivity index (χ1) is 9.54. The highest BCUT2D eigenvalue weighted by molar-refractivity contribution is 6.05. The number of nitrogens with two attached hydrogens (primary N) is 1. The summed E-state index contributed by atoms with van der Waals surface area (Å²) in [5.41, 5.74) is -0.399. The molecule has 2 N–H and O–H groups in total. The number of amides is 1. The summed E-state index contributed by atoms with van der Waals surface area (Å²) in [4.78, 5) is 12.1. The first-order valence-corrected chi connectivity index (χ1v) is 5.72. The number of hydrogen-bond donors (Lipinski definition) is 1. The van der Waals surface area contributed by atoms with Crippen LogP contribution in [0.4, 0.5) is 14.5 Å². The van der Waals surface area contributed by atoms with Crippen LogP contribution in [0, 0.1) is 11.6 Å². The predicted molar refractivity (Wildman–Crippen MR) is 70.3 cm³/mol. The Labute approximate surface area is 114 Å². The maximum Gasteiger partial charge on any atom is 0.272 e. The molecule has 0 aliphatic rings. The van der Waals surface area contributed by atoms with E-state index >= 15 is 0 Å². The van der Waals surface area contributed by atoms with Crippen molar-refractivity contribution in [2.45, 2.75) is 0 Å². The molecule has 1 amide bonds. The fraction of sp³-hybridized carbons (Fsp3) is 0.0714. The third kappa shape index (κ3) is 2.60. The van der Waals surface area contributed by atoms with Crippen molar-refractivity contribution in [1.29, 1.82) is 0 Å². The van der Waals surface area contributed by atoms with E-state index < -0.39 is 23.2 Å². The summed E-state index contributed by atoms with van der Waals surface area (Å²) in [6.45, 7) is 0. The van der Waals surface area contributed by atoms with Gasteiger partial charge in [-0.25, -0.2) is 19.6 Å². The molecule has 0 aliphatic heterocycles. The number of methoxy groups -OCH3 is 1. The van der Waals surface area contributed by atoms with E-state index in [4.69, 9.17) is 10.6 Å². The van der Waals surface area contributed by atoms with Gasteiger partial charge in [0.1, 0.15) is 11.4 Å². The van der Waals surface area contributed by atoms with Crippen LogP contribution in [0.25, 0.3) is 0 Å². The molecule has 0 radical (unpaired) electrons. The largest absolute Gasteiger partial charge is 0.497 e. The Morgan fingerprint density at radius 1 is 1.10 bits per heavy atom. The minimum Gasteiger partial charge on any atom is -0.497 e. The van der Waals surface area contributed by atoms with Crippen LogP contribution in [0.3, 0.4) is 0 Å². The molecule has 2 rings (SSSR count). The lowest BCUT2D eigenvalue weighted by Gasteiger charge is -2.18. The number of carbonyl (C=O) groups excluding carboxylic acids is 1. The number of carbonyl (C=O) groups is 1. The van der Waals surface area contributed by atoms with Crippen molar-refractivity contribution >= 4 is 11.6 Å². The quantitative estimate of drug-likeness (QED) is 0.533. The van der Waals surface area contributed by atoms with Crippen molar-refractivity contribution in [3.63, 3.8) is 0 Å². The Bertz CT molecular complexity index is 609. The van der Waals surface area contributed by atoms with Gasteiger partial charge >= 0.3 is 0 Å². The van der Waals surface area contributed by atoms with Crippen molar-refractivity contribution in [3.8, 4) is 5.75 Å². The van der Waals surface area contributed by atoms with Gasteiger partial charge in [-0.1, -0.05) is 6.07 Å². The van der Waals surface area contributed by atoms with Crippen LogP contribution >= 0.6 is 0 Å². The second-order valence-corrected chi connectivity index (χ2v) is 3.97. The molecule has 0 spiro atoms. The van der Waals surface area contributed by atoms with Gasteiger partial charge in [-0.05, 0) is 36.4 Å². The minimum absolute atomic E-state index is 0.191. The average molecular weight is 278 g/mol. The average Bonchev–Trinajstić information content (AvgIpc) is 2.46. The van der Waals surface area contributed by atoms with Crippen LogP contribution in [0.15, 0.2) is 42.5 Å². The molecule has 0 heterocycles. The van der Waals surface area contributed by atoms with E-state index in [0.29, 0.717) is 10.8 Å². The van der Waals surface area contributed by atoms with Gasteiger partial charge < -0.3 is 4.74 Å². The first kappa shape index (κ1) is 14.0. The lowest BCUT2D eigenvalue weighted by atomic mass is 10.2. The lowest BCUT2D eigenvalue weighted by Crippen LogP contribution is -2.38. The molecule has 0 saturated heterocycles. The SMILES string of the molecule is COc1ccc(C(=O)N(N)c2c(F)cccc2F)cc1. The van der Waals surface area contributed by atoms with E-state index in [1.165, 1.54) is 25.3 Å². The second-order valence-electron chi connectivity index (χ2n) is 3.97. The van der Waals surface area contributed by atoms with Gasteiger partial charge in [0.2, 0.25) is 0 Å². The van der Waals surface area contributed by atoms with Gasteiger partial charge in [-0.2, -0.15) is 0 Å². The smallest absolute Gasteiger partial charge is 0.272 e. The summed E-state index contributed by atoms with van der Waals surface area (Å²) >= 11 is 0. The van der Waals surface area contributed by atoms with Gasteiger partial charge in [0, 0.05) is 5.56 Å². The molecule has 0 aromatic heterocycles. The molecule has 0 bridgehead atoms. The Morgan fingerprint density at radius 2 is 1.65 bits per heavy atom. The third-order valence-electron chi connectivity index (χ3n) is 2.73. The van der Waals surface area contributed by atoms with E-state index in [9.17, 15) is 13.6 Å². The summed E-state index contributed by atoms with van der Waals surface area (Å²) in [6.07, 6.45) is 0. The van der Waals surface area contributed by atoms with Gasteiger partial charge in [-0.3, -0.25) is 4.79 Å². The van der Waals surface area contributed by atoms with E-state index in [1.54, 1.807) is 12.1 Å². The summed E-state index contributed by atoms with van der Waals surface area (Å²) in [7, 11) is 1.49. The molecule has 2 aromatic rings. The summed E-state index contributed by atoms with van der Waals surface area (Å²) in [5.74, 6) is 3.53. The highest BCUT2D eigenvalue weighted by atomic mass is 19.1. The molecule has 2 aromatic carbocycles. The number of hydrazine groups is 1. The molecular weight excluding hydrogens is 266 g/mol. The predicted octanol–water partition coefficient (Wildman–Crippen LogP) is 2.49. The van der Waals surface area contributed by atoms with Crippen molar-refractivity contribution in [2.75, 3.05) is 12.1 Å². The Kier molecular flexibility index (Phi) is 3.95. The molecule has 4 nitrogen and oxygen atoms in total. The number of halogens is 2. The van der Waals surface area contributed by atoms with Crippen LogP contribution in [0.2, 0.25) is 0 Å². The fourth-order valence-corrected chi connectivity index (χ4v) is 1.69. The fourth-order valence-electron chi connectivity index (χ4n) is 1.69. The van der Waals surface area contributed by atoms with E-state index in [0.717, 1.165) is 12.1 Å². The first-order valence-electron chi connectivity index (χ1n) is 5.72. The van der Waals surface area contributed by atoms with E-state index in [-0.39, 0.29) is 5.56 Å². The summed E-state index contributed by atoms with van der Waals surface area (Å²) in [5, 5.41) is 0.451. The second kappa shape index (κ2) is 5.66. The van der Waals surface area contributed by atoms with Gasteiger partial charge in [0.25, 0.3) is 5.91 Å². The number of ether oxygens (including phenoxy) is 1. The maximum absolute atomic E-state index is 13.6. The Morgan fingerprint density at radius 3 is 2.15 bits per heavy atom. The van der Waals surface area contributed by atoms with Crippen LogP contribution in [-0.2, 0) is 0 Å². The Balaban J connectivity index is 2.32. The standard InChI is InChI=1S/C14H12F2N2O2/c1-20-10-7-5-9(6-8-10)14(19)18(17)13-11(15)3-2-4-12(13)16/h2-8H,17H2,1H3. The van der Waals surface area contributed by atoms with Crippen molar-refractivity contribution in [1.82, 2.24) is 0 Å². The zero-order chi connectivity index (χ0) is 14.7. The van der Waals surface area contributed by atoms with E-state index in [1.807, 2.05) is 0 Å². The van der Waals surface area contributed by atoms with Crippen LogP contribution in [-0.4, -0.2) is 13.0 Å². The highest BCUT2D eigenvalue weighted by Gasteiger charge is 2.21. The van der Waals surface area contributed by atoms with Crippen molar-refractivity contribution in [2.24, 2.45) is 5.84 Å². The van der Waals surface area contributed by atoms with Crippen molar-refractivity contribution in [3.05, 3.63) is 59.7 Å².